The van der Waals surface area contributed by atoms with Crippen LogP contribution >= 0.6 is 0 Å². The molecule has 18 heavy (non-hydrogen) atoms. The van der Waals surface area contributed by atoms with Crippen LogP contribution in [0.4, 0.5) is 5.69 Å². The Labute approximate surface area is 102 Å². The summed E-state index contributed by atoms with van der Waals surface area (Å²) in [6, 6.07) is 3.92. The highest BCUT2D eigenvalue weighted by atomic mass is 16.6. The molecular weight excluding hydrogens is 242 g/mol. The van der Waals surface area contributed by atoms with Gasteiger partial charge in [0.05, 0.1) is 18.1 Å². The topological polar surface area (TPSA) is 98.9 Å². The average molecular weight is 253 g/mol. The Kier molecular flexibility index (Phi) is 4.67. The molecule has 96 valence electrons. The molecule has 0 amide bonds. The summed E-state index contributed by atoms with van der Waals surface area (Å²) >= 11 is 0. The molecule has 1 aromatic carbocycles. The first-order valence-electron chi connectivity index (χ1n) is 4.89. The molecule has 1 rings (SSSR count). The maximum Gasteiger partial charge on any atom is 0.328 e. The molecule has 0 radical (unpaired) electrons. The number of methoxy groups -OCH3 is 1. The summed E-state index contributed by atoms with van der Waals surface area (Å²) in [5.74, 6) is -0.573. The number of carbonyl (C=O) groups is 1. The molecule has 0 aromatic heterocycles. The average Bonchev–Trinajstić information content (AvgIpc) is 2.34. The fourth-order valence-electron chi connectivity index (χ4n) is 1.18. The molecule has 0 aliphatic carbocycles. The highest BCUT2D eigenvalue weighted by Gasteiger charge is 2.11. The van der Waals surface area contributed by atoms with Gasteiger partial charge in [0, 0.05) is 12.1 Å². The molecule has 0 saturated heterocycles. The second kappa shape index (κ2) is 6.24. The maximum atomic E-state index is 10.6. The zero-order chi connectivity index (χ0) is 13.5. The molecule has 0 spiro atoms. The van der Waals surface area contributed by atoms with Crippen molar-refractivity contribution in [2.45, 2.75) is 0 Å². The lowest BCUT2D eigenvalue weighted by Gasteiger charge is -2.08. The van der Waals surface area contributed by atoms with Gasteiger partial charge in [-0.15, -0.1) is 0 Å². The summed E-state index contributed by atoms with van der Waals surface area (Å²) in [4.78, 5) is 20.3. The first-order chi connectivity index (χ1) is 8.54. The number of ether oxygens (including phenoxy) is 2. The monoisotopic (exact) mass is 253 g/mol. The molecule has 0 aliphatic rings. The normalized spacial score (nSPS) is 10.3. The predicted molar refractivity (Wildman–Crippen MR) is 61.9 cm³/mol. The Morgan fingerprint density at radius 1 is 1.50 bits per heavy atom. The van der Waals surface area contributed by atoms with Gasteiger partial charge in [-0.25, -0.2) is 4.79 Å². The van der Waals surface area contributed by atoms with E-state index in [9.17, 15) is 14.9 Å². The number of nitrogens with zero attached hydrogens (tertiary/aromatic N) is 1. The molecule has 7 heteroatoms. The SMILES string of the molecule is COc1ccc([N+](=O)[O-])cc1OCC=CC(=O)O. The van der Waals surface area contributed by atoms with Crippen molar-refractivity contribution < 1.29 is 24.3 Å². The van der Waals surface area contributed by atoms with Crippen molar-refractivity contribution in [3.05, 3.63) is 40.5 Å². The van der Waals surface area contributed by atoms with Crippen molar-refractivity contribution in [3.8, 4) is 11.5 Å². The van der Waals surface area contributed by atoms with E-state index >= 15 is 0 Å². The third kappa shape index (κ3) is 3.78. The van der Waals surface area contributed by atoms with Crippen molar-refractivity contribution in [1.29, 1.82) is 0 Å². The number of rotatable bonds is 6. The van der Waals surface area contributed by atoms with Crippen molar-refractivity contribution in [3.63, 3.8) is 0 Å². The van der Waals surface area contributed by atoms with Crippen molar-refractivity contribution in [1.82, 2.24) is 0 Å². The highest BCUT2D eigenvalue weighted by molar-refractivity contribution is 5.79. The van der Waals surface area contributed by atoms with E-state index in [1.165, 1.54) is 31.4 Å². The Balaban J connectivity index is 2.81. The van der Waals surface area contributed by atoms with E-state index in [0.29, 0.717) is 5.75 Å². The van der Waals surface area contributed by atoms with Crippen LogP contribution in [0.25, 0.3) is 0 Å². The largest absolute Gasteiger partial charge is 0.493 e. The molecule has 7 nitrogen and oxygen atoms in total. The maximum absolute atomic E-state index is 10.6. The van der Waals surface area contributed by atoms with Crippen LogP contribution < -0.4 is 9.47 Å². The molecule has 0 saturated carbocycles. The van der Waals surface area contributed by atoms with E-state index in [1.54, 1.807) is 0 Å². The van der Waals surface area contributed by atoms with Gasteiger partial charge in [-0.2, -0.15) is 0 Å². The van der Waals surface area contributed by atoms with Crippen LogP contribution in [0.5, 0.6) is 11.5 Å². The van der Waals surface area contributed by atoms with Crippen LogP contribution in [-0.4, -0.2) is 29.7 Å². The second-order valence-corrected chi connectivity index (χ2v) is 3.14. The smallest absolute Gasteiger partial charge is 0.328 e. The fourth-order valence-corrected chi connectivity index (χ4v) is 1.18. The van der Waals surface area contributed by atoms with E-state index in [1.807, 2.05) is 0 Å². The number of nitro benzene ring substituents is 1. The zero-order valence-corrected chi connectivity index (χ0v) is 9.53. The summed E-state index contributed by atoms with van der Waals surface area (Å²) in [7, 11) is 1.40. The number of hydrogen-bond acceptors (Lipinski definition) is 5. The fraction of sp³-hybridized carbons (Fsp3) is 0.182. The minimum absolute atomic E-state index is 0.0240. The Bertz CT molecular complexity index is 482. The third-order valence-electron chi connectivity index (χ3n) is 1.95. The number of nitro groups is 1. The summed E-state index contributed by atoms with van der Waals surface area (Å²) in [6.45, 7) is -0.0240. The van der Waals surface area contributed by atoms with Crippen LogP contribution in [0.2, 0.25) is 0 Å². The van der Waals surface area contributed by atoms with Crippen molar-refractivity contribution in [2.24, 2.45) is 0 Å². The van der Waals surface area contributed by atoms with Gasteiger partial charge in [-0.3, -0.25) is 10.1 Å². The summed E-state index contributed by atoms with van der Waals surface area (Å²) in [5, 5.41) is 19.0. The quantitative estimate of drug-likeness (QED) is 0.470. The third-order valence-corrected chi connectivity index (χ3v) is 1.95. The molecule has 0 bridgehead atoms. The molecule has 0 heterocycles. The number of benzene rings is 1. The van der Waals surface area contributed by atoms with Gasteiger partial charge >= 0.3 is 5.97 Å². The van der Waals surface area contributed by atoms with Crippen LogP contribution in [0.3, 0.4) is 0 Å². The summed E-state index contributed by atoms with van der Waals surface area (Å²) in [6.07, 6.45) is 2.20. The van der Waals surface area contributed by atoms with Gasteiger partial charge in [0.15, 0.2) is 11.5 Å². The number of carboxylic acid groups (broad SMARTS) is 1. The predicted octanol–water partition coefficient (Wildman–Crippen LogP) is 1.62. The van der Waals surface area contributed by atoms with Gasteiger partial charge in [-0.1, -0.05) is 0 Å². The number of carboxylic acids is 1. The molecule has 1 N–H and O–H groups in total. The standard InChI is InChI=1S/C11H11NO6/c1-17-9-5-4-8(12(15)16)7-10(9)18-6-2-3-11(13)14/h2-5,7H,6H2,1H3,(H,13,14). The van der Waals surface area contributed by atoms with Gasteiger partial charge < -0.3 is 14.6 Å². The van der Waals surface area contributed by atoms with Crippen molar-refractivity contribution >= 4 is 11.7 Å². The van der Waals surface area contributed by atoms with E-state index in [-0.39, 0.29) is 18.0 Å². The highest BCUT2D eigenvalue weighted by Crippen LogP contribution is 2.30. The summed E-state index contributed by atoms with van der Waals surface area (Å²) in [5.41, 5.74) is -0.131. The molecule has 0 unspecified atom stereocenters. The van der Waals surface area contributed by atoms with E-state index < -0.39 is 10.9 Å². The number of non-ortho nitro benzene ring substituents is 1. The minimum atomic E-state index is -1.09. The molecular formula is C11H11NO6. The summed E-state index contributed by atoms with van der Waals surface area (Å²) < 4.78 is 10.2. The number of hydrogen-bond donors (Lipinski definition) is 1. The van der Waals surface area contributed by atoms with Gasteiger partial charge in [0.1, 0.15) is 6.61 Å². The lowest BCUT2D eigenvalue weighted by Crippen LogP contribution is -1.99. The van der Waals surface area contributed by atoms with Crippen LogP contribution in [0, 0.1) is 10.1 Å². The van der Waals surface area contributed by atoms with Crippen LogP contribution in [0.15, 0.2) is 30.4 Å². The van der Waals surface area contributed by atoms with E-state index in [2.05, 4.69) is 0 Å². The van der Waals surface area contributed by atoms with Gasteiger partial charge in [-0.05, 0) is 12.1 Å². The lowest BCUT2D eigenvalue weighted by molar-refractivity contribution is -0.385. The second-order valence-electron chi connectivity index (χ2n) is 3.14. The number of aliphatic carboxylic acids is 1. The minimum Gasteiger partial charge on any atom is -0.493 e. The van der Waals surface area contributed by atoms with E-state index in [0.717, 1.165) is 6.08 Å². The first-order valence-corrected chi connectivity index (χ1v) is 4.89. The van der Waals surface area contributed by atoms with Crippen LogP contribution in [-0.2, 0) is 4.79 Å². The van der Waals surface area contributed by atoms with Crippen molar-refractivity contribution in [2.75, 3.05) is 13.7 Å². The molecule has 0 atom stereocenters. The zero-order valence-electron chi connectivity index (χ0n) is 9.53. The Hall–Kier alpha value is -2.57. The van der Waals surface area contributed by atoms with Crippen LogP contribution in [0.1, 0.15) is 0 Å². The Morgan fingerprint density at radius 3 is 2.78 bits per heavy atom. The first kappa shape index (κ1) is 13.5. The Morgan fingerprint density at radius 2 is 2.22 bits per heavy atom. The van der Waals surface area contributed by atoms with Gasteiger partial charge in [0.2, 0.25) is 0 Å². The molecule has 0 aliphatic heterocycles. The lowest BCUT2D eigenvalue weighted by atomic mass is 10.3. The van der Waals surface area contributed by atoms with E-state index in [4.69, 9.17) is 14.6 Å². The van der Waals surface area contributed by atoms with Gasteiger partial charge in [0.25, 0.3) is 5.69 Å². The molecule has 1 aromatic rings. The molecule has 0 fully saturated rings.